The van der Waals surface area contributed by atoms with Crippen molar-refractivity contribution >= 4 is 33.4 Å². The Hall–Kier alpha value is -3.23. The fraction of sp³-hybridized carbons (Fsp3) is 0.200. The highest BCUT2D eigenvalue weighted by atomic mass is 79.9. The summed E-state index contributed by atoms with van der Waals surface area (Å²) in [7, 11) is 1.46. The van der Waals surface area contributed by atoms with Gasteiger partial charge in [0.05, 0.1) is 17.2 Å². The van der Waals surface area contributed by atoms with Gasteiger partial charge in [-0.1, -0.05) is 10.2 Å². The van der Waals surface area contributed by atoms with Crippen molar-refractivity contribution < 1.29 is 19.1 Å². The van der Waals surface area contributed by atoms with Crippen LogP contribution in [0.3, 0.4) is 0 Å². The van der Waals surface area contributed by atoms with Crippen molar-refractivity contribution in [2.75, 3.05) is 5.06 Å². The molecule has 0 radical (unpaired) electrons. The van der Waals surface area contributed by atoms with E-state index in [-0.39, 0.29) is 27.8 Å². The summed E-state index contributed by atoms with van der Waals surface area (Å²) in [5.74, 6) is -1.41. The number of hydrogen-bond acceptors (Lipinski definition) is 9. The molecule has 1 aliphatic heterocycles. The van der Waals surface area contributed by atoms with Gasteiger partial charge in [-0.25, -0.2) is 13.8 Å². The number of hydroxylamine groups is 3. The van der Waals surface area contributed by atoms with E-state index >= 15 is 0 Å². The Morgan fingerprint density at radius 2 is 2.17 bits per heavy atom. The maximum Gasteiger partial charge on any atom is 0.434 e. The first-order valence-corrected chi connectivity index (χ1v) is 8.81. The smallest absolute Gasteiger partial charge is 0.390 e. The molecule has 1 unspecified atom stereocenters. The number of rotatable bonds is 5. The summed E-state index contributed by atoms with van der Waals surface area (Å²) in [6.07, 6.45) is 0.493. The number of imidazole rings is 1. The molecule has 1 aliphatic rings. The van der Waals surface area contributed by atoms with Crippen LogP contribution < -0.4 is 16.5 Å². The van der Waals surface area contributed by atoms with Crippen molar-refractivity contribution in [3.63, 3.8) is 0 Å². The predicted octanol–water partition coefficient (Wildman–Crippen LogP) is 1.96. The van der Waals surface area contributed by atoms with Crippen LogP contribution in [0.15, 0.2) is 40.4 Å². The summed E-state index contributed by atoms with van der Waals surface area (Å²) < 4.78 is 15.0. The number of nitrogens with zero attached hydrogens (tertiary/aromatic N) is 5. The molecule has 1 saturated heterocycles. The van der Waals surface area contributed by atoms with Gasteiger partial charge in [-0.3, -0.25) is 5.41 Å². The van der Waals surface area contributed by atoms with Crippen molar-refractivity contribution in [2.24, 2.45) is 18.5 Å². The highest BCUT2D eigenvalue weighted by Crippen LogP contribution is 2.33. The topological polar surface area (TPSA) is 162 Å². The second kappa shape index (κ2) is 7.65. The minimum absolute atomic E-state index is 0.0216. The molecule has 0 saturated carbocycles. The highest BCUT2D eigenvalue weighted by molar-refractivity contribution is 9.10. The fourth-order valence-corrected chi connectivity index (χ4v) is 2.98. The van der Waals surface area contributed by atoms with Crippen LogP contribution in [0.5, 0.6) is 0 Å². The van der Waals surface area contributed by atoms with Gasteiger partial charge in [-0.15, -0.1) is 4.94 Å². The van der Waals surface area contributed by atoms with E-state index in [1.807, 2.05) is 0 Å². The van der Waals surface area contributed by atoms with Crippen LogP contribution >= 0.6 is 15.9 Å². The van der Waals surface area contributed by atoms with Gasteiger partial charge in [-0.2, -0.15) is 5.06 Å². The summed E-state index contributed by atoms with van der Waals surface area (Å²) in [6, 6.07) is 3.99. The molecule has 12 nitrogen and oxygen atoms in total. The van der Waals surface area contributed by atoms with Crippen LogP contribution in [0.2, 0.25) is 0 Å². The molecule has 1 aromatic heterocycles. The number of hydrogen-bond donors (Lipinski definition) is 3. The molecular weight excluding hydrogens is 455 g/mol. The molecule has 3 rings (SSSR count). The summed E-state index contributed by atoms with van der Waals surface area (Å²) in [5, 5.41) is 21.1. The number of nitrogens with two attached hydrogens (primary N) is 2. The number of halogens is 2. The number of aromatic nitrogens is 2. The quantitative estimate of drug-likeness (QED) is 0.437. The number of amidine groups is 1. The lowest BCUT2D eigenvalue weighted by molar-refractivity contribution is -0.396. The number of nitrogens with one attached hydrogen (secondary N) is 1. The van der Waals surface area contributed by atoms with Crippen LogP contribution in [-0.4, -0.2) is 25.5 Å². The van der Waals surface area contributed by atoms with Crippen LogP contribution in [0.4, 0.5) is 16.0 Å². The summed E-state index contributed by atoms with van der Waals surface area (Å²) in [4.78, 5) is 25.2. The first-order chi connectivity index (χ1) is 13.6. The van der Waals surface area contributed by atoms with Gasteiger partial charge in [0.1, 0.15) is 29.6 Å². The van der Waals surface area contributed by atoms with E-state index in [2.05, 4.69) is 20.9 Å². The van der Waals surface area contributed by atoms with E-state index in [0.29, 0.717) is 11.4 Å². The number of benzene rings is 1. The van der Waals surface area contributed by atoms with Gasteiger partial charge in [0, 0.05) is 0 Å². The summed E-state index contributed by atoms with van der Waals surface area (Å²) in [5.41, 5.74) is 12.0. The predicted molar refractivity (Wildman–Crippen MR) is 102 cm³/mol. The lowest BCUT2D eigenvalue weighted by Gasteiger charge is -2.20. The Bertz CT molecular complexity index is 1020. The second-order valence-corrected chi connectivity index (χ2v) is 6.79. The average Bonchev–Trinajstić information content (AvgIpc) is 3.18. The minimum atomic E-state index is -0.790. The molecule has 0 amide bonds. The Morgan fingerprint density at radius 3 is 2.72 bits per heavy atom. The van der Waals surface area contributed by atoms with Gasteiger partial charge in [0.15, 0.2) is 5.70 Å². The molecule has 2 heterocycles. The van der Waals surface area contributed by atoms with E-state index in [1.54, 1.807) is 6.92 Å². The summed E-state index contributed by atoms with van der Waals surface area (Å²) in [6.45, 7) is 1.59. The molecule has 1 fully saturated rings. The molecule has 0 spiro atoms. The van der Waals surface area contributed by atoms with Crippen molar-refractivity contribution in [3.05, 3.63) is 62.0 Å². The van der Waals surface area contributed by atoms with E-state index in [1.165, 1.54) is 36.0 Å². The van der Waals surface area contributed by atoms with Crippen molar-refractivity contribution in [1.29, 1.82) is 5.41 Å². The molecule has 1 aromatic carbocycles. The minimum Gasteiger partial charge on any atom is -0.390 e. The lowest BCUT2D eigenvalue weighted by Crippen LogP contribution is -2.27. The van der Waals surface area contributed by atoms with Crippen molar-refractivity contribution in [3.8, 4) is 0 Å². The molecule has 0 aliphatic carbocycles. The van der Waals surface area contributed by atoms with Crippen molar-refractivity contribution in [2.45, 2.75) is 13.0 Å². The molecule has 2 aromatic rings. The first kappa shape index (κ1) is 20.5. The maximum absolute atomic E-state index is 13.5. The van der Waals surface area contributed by atoms with E-state index < -0.39 is 16.8 Å². The third kappa shape index (κ3) is 3.72. The van der Waals surface area contributed by atoms with Gasteiger partial charge in [0.25, 0.3) is 0 Å². The lowest BCUT2D eigenvalue weighted by atomic mass is 10.3. The van der Waals surface area contributed by atoms with E-state index in [0.717, 1.165) is 10.3 Å². The SMILES string of the molecule is CC(ON1ON(c2ccc(F)c(Br)c2)C(=C(N)N)C1=N)c1cnc([N+](=O)[O-])n1C. The number of anilines is 1. The molecule has 0 bridgehead atoms. The van der Waals surface area contributed by atoms with Gasteiger partial charge >= 0.3 is 5.95 Å². The Kier molecular flexibility index (Phi) is 5.41. The van der Waals surface area contributed by atoms with Gasteiger partial charge in [-0.05, 0) is 46.0 Å². The third-order valence-corrected chi connectivity index (χ3v) is 4.62. The fourth-order valence-electron chi connectivity index (χ4n) is 2.61. The zero-order valence-corrected chi connectivity index (χ0v) is 16.8. The average molecular weight is 471 g/mol. The maximum atomic E-state index is 13.5. The third-order valence-electron chi connectivity index (χ3n) is 4.01. The molecular formula is C15H16BrFN8O4. The van der Waals surface area contributed by atoms with E-state index in [4.69, 9.17) is 26.7 Å². The van der Waals surface area contributed by atoms with E-state index in [9.17, 15) is 14.5 Å². The Balaban J connectivity index is 1.87. The van der Waals surface area contributed by atoms with Gasteiger partial charge < -0.3 is 21.6 Å². The standard InChI is InChI=1S/C15H16BrFN8O4/c1-7(11-6-21-15(22(11)2)24(26)27)28-25-14(20)12(13(18)19)23(29-25)8-3-4-10(17)9(16)5-8/h3-7,20H,18-19H2,1-2H3. The van der Waals surface area contributed by atoms with Gasteiger partial charge in [0.2, 0.25) is 5.84 Å². The molecule has 14 heteroatoms. The second-order valence-electron chi connectivity index (χ2n) is 5.93. The first-order valence-electron chi connectivity index (χ1n) is 8.02. The molecule has 154 valence electrons. The molecule has 5 N–H and O–H groups in total. The van der Waals surface area contributed by atoms with Crippen LogP contribution in [0, 0.1) is 21.3 Å². The van der Waals surface area contributed by atoms with Crippen LogP contribution in [-0.2, 0) is 16.8 Å². The highest BCUT2D eigenvalue weighted by Gasteiger charge is 2.38. The zero-order valence-electron chi connectivity index (χ0n) is 15.2. The van der Waals surface area contributed by atoms with Crippen molar-refractivity contribution in [1.82, 2.24) is 14.8 Å². The number of nitro groups is 1. The molecule has 29 heavy (non-hydrogen) atoms. The zero-order chi connectivity index (χ0) is 21.5. The Morgan fingerprint density at radius 1 is 1.48 bits per heavy atom. The Labute approximate surface area is 171 Å². The van der Waals surface area contributed by atoms with Crippen LogP contribution in [0.25, 0.3) is 0 Å². The van der Waals surface area contributed by atoms with Crippen LogP contribution in [0.1, 0.15) is 18.7 Å². The normalized spacial score (nSPS) is 15.2. The summed E-state index contributed by atoms with van der Waals surface area (Å²) >= 11 is 3.07. The molecule has 1 atom stereocenters. The monoisotopic (exact) mass is 470 g/mol. The largest absolute Gasteiger partial charge is 0.434 e.